The molecule has 7 nitrogen and oxygen atoms in total. The third kappa shape index (κ3) is 4.72. The molecule has 0 aliphatic heterocycles. The van der Waals surface area contributed by atoms with E-state index in [0.29, 0.717) is 11.4 Å². The molecule has 138 valence electrons. The molecule has 1 heterocycles. The average Bonchev–Trinajstić information content (AvgIpc) is 2.59. The summed E-state index contributed by atoms with van der Waals surface area (Å²) in [6.07, 6.45) is 1.58. The molecule has 0 saturated heterocycles. The molecule has 3 rings (SSSR count). The standard InChI is InChI=1S/C20H21N5O2/c1-12-8-13(2)10-15(9-12)23-17-6-7-22-20(24-17)25-18(19(21)27)14-4-3-5-16(26)11-14/h3-11,18,26H,1-2H3,(H2,21,27)(H2,22,23,24,25)/t18-/m1/s1. The molecule has 27 heavy (non-hydrogen) atoms. The lowest BCUT2D eigenvalue weighted by atomic mass is 10.1. The van der Waals surface area contributed by atoms with Gasteiger partial charge in [-0.25, -0.2) is 4.98 Å². The lowest BCUT2D eigenvalue weighted by Crippen LogP contribution is -2.28. The van der Waals surface area contributed by atoms with Crippen LogP contribution in [0.1, 0.15) is 22.7 Å². The van der Waals surface area contributed by atoms with Crippen LogP contribution in [0.15, 0.2) is 54.7 Å². The second-order valence-corrected chi connectivity index (χ2v) is 6.34. The summed E-state index contributed by atoms with van der Waals surface area (Å²) in [5, 5.41) is 15.8. The van der Waals surface area contributed by atoms with Crippen LogP contribution >= 0.6 is 0 Å². The van der Waals surface area contributed by atoms with Crippen LogP contribution < -0.4 is 16.4 Å². The number of aromatic nitrogens is 2. The van der Waals surface area contributed by atoms with Gasteiger partial charge in [0, 0.05) is 11.9 Å². The fourth-order valence-electron chi connectivity index (χ4n) is 2.84. The SMILES string of the molecule is Cc1cc(C)cc(Nc2ccnc(N[C@@H](C(N)=O)c3cccc(O)c3)n2)c1. The maximum absolute atomic E-state index is 11.9. The van der Waals surface area contributed by atoms with Gasteiger partial charge in [0.25, 0.3) is 0 Å². The third-order valence-electron chi connectivity index (χ3n) is 3.91. The number of aromatic hydroxyl groups is 1. The van der Waals surface area contributed by atoms with E-state index >= 15 is 0 Å². The highest BCUT2D eigenvalue weighted by Gasteiger charge is 2.19. The molecule has 7 heteroatoms. The van der Waals surface area contributed by atoms with Gasteiger partial charge in [0.05, 0.1) is 0 Å². The minimum absolute atomic E-state index is 0.0479. The molecule has 0 fully saturated rings. The predicted molar refractivity (Wildman–Crippen MR) is 105 cm³/mol. The Kier molecular flexibility index (Phi) is 5.21. The van der Waals surface area contributed by atoms with E-state index in [9.17, 15) is 9.90 Å². The van der Waals surface area contributed by atoms with E-state index in [1.54, 1.807) is 24.4 Å². The first kappa shape index (κ1) is 18.2. The van der Waals surface area contributed by atoms with Crippen molar-refractivity contribution < 1.29 is 9.90 Å². The van der Waals surface area contributed by atoms with Gasteiger partial charge in [0.1, 0.15) is 17.6 Å². The molecule has 0 saturated carbocycles. The van der Waals surface area contributed by atoms with Crippen molar-refractivity contribution in [3.8, 4) is 5.75 Å². The number of carbonyl (C=O) groups is 1. The number of nitrogens with one attached hydrogen (secondary N) is 2. The Morgan fingerprint density at radius 2 is 1.85 bits per heavy atom. The molecular weight excluding hydrogens is 342 g/mol. The summed E-state index contributed by atoms with van der Waals surface area (Å²) in [5.74, 6) is 0.275. The van der Waals surface area contributed by atoms with Crippen molar-refractivity contribution in [2.45, 2.75) is 19.9 Å². The van der Waals surface area contributed by atoms with Gasteiger partial charge >= 0.3 is 0 Å². The number of primary amides is 1. The zero-order valence-electron chi connectivity index (χ0n) is 15.1. The molecule has 5 N–H and O–H groups in total. The Morgan fingerprint density at radius 1 is 1.11 bits per heavy atom. The average molecular weight is 363 g/mol. The Hall–Kier alpha value is -3.61. The second kappa shape index (κ2) is 7.74. The highest BCUT2D eigenvalue weighted by molar-refractivity contribution is 5.84. The smallest absolute Gasteiger partial charge is 0.244 e. The molecule has 0 bridgehead atoms. The Morgan fingerprint density at radius 3 is 2.52 bits per heavy atom. The van der Waals surface area contributed by atoms with Crippen LogP contribution in [0.3, 0.4) is 0 Å². The topological polar surface area (TPSA) is 113 Å². The fraction of sp³-hybridized carbons (Fsp3) is 0.150. The van der Waals surface area contributed by atoms with E-state index in [-0.39, 0.29) is 11.7 Å². The van der Waals surface area contributed by atoms with Crippen molar-refractivity contribution in [2.24, 2.45) is 5.73 Å². The van der Waals surface area contributed by atoms with Crippen LogP contribution in [0.25, 0.3) is 0 Å². The van der Waals surface area contributed by atoms with Crippen LogP contribution in [-0.4, -0.2) is 21.0 Å². The van der Waals surface area contributed by atoms with E-state index in [1.807, 2.05) is 26.0 Å². The van der Waals surface area contributed by atoms with E-state index in [0.717, 1.165) is 16.8 Å². The van der Waals surface area contributed by atoms with Crippen LogP contribution in [0.5, 0.6) is 5.75 Å². The number of phenolic OH excluding ortho intramolecular Hbond substituents is 1. The number of nitrogens with zero attached hydrogens (tertiary/aromatic N) is 2. The van der Waals surface area contributed by atoms with Gasteiger partial charge in [-0.2, -0.15) is 4.98 Å². The molecule has 0 spiro atoms. The predicted octanol–water partition coefficient (Wildman–Crippen LogP) is 3.18. The number of rotatable bonds is 6. The number of carbonyl (C=O) groups excluding carboxylic acids is 1. The number of benzene rings is 2. The van der Waals surface area contributed by atoms with Crippen molar-refractivity contribution >= 4 is 23.4 Å². The van der Waals surface area contributed by atoms with Crippen molar-refractivity contribution in [1.82, 2.24) is 9.97 Å². The second-order valence-electron chi connectivity index (χ2n) is 6.34. The minimum Gasteiger partial charge on any atom is -0.508 e. The third-order valence-corrected chi connectivity index (χ3v) is 3.91. The van der Waals surface area contributed by atoms with Gasteiger partial charge < -0.3 is 21.5 Å². The number of hydrogen-bond acceptors (Lipinski definition) is 6. The molecule has 1 atom stereocenters. The van der Waals surface area contributed by atoms with Crippen LogP contribution in [0.4, 0.5) is 17.5 Å². The first-order valence-corrected chi connectivity index (χ1v) is 8.44. The number of anilines is 3. The van der Waals surface area contributed by atoms with E-state index in [4.69, 9.17) is 5.73 Å². The van der Waals surface area contributed by atoms with Crippen molar-refractivity contribution in [1.29, 1.82) is 0 Å². The molecular formula is C20H21N5O2. The molecule has 2 aromatic carbocycles. The minimum atomic E-state index is -0.867. The maximum atomic E-state index is 11.9. The van der Waals surface area contributed by atoms with E-state index < -0.39 is 11.9 Å². The molecule has 1 amide bonds. The maximum Gasteiger partial charge on any atom is 0.244 e. The Bertz CT molecular complexity index is 954. The normalized spacial score (nSPS) is 11.6. The summed E-state index contributed by atoms with van der Waals surface area (Å²) in [6, 6.07) is 13.3. The lowest BCUT2D eigenvalue weighted by molar-refractivity contribution is -0.118. The van der Waals surface area contributed by atoms with E-state index in [2.05, 4.69) is 26.7 Å². The van der Waals surface area contributed by atoms with Gasteiger partial charge in [0.2, 0.25) is 11.9 Å². The van der Waals surface area contributed by atoms with Crippen molar-refractivity contribution in [2.75, 3.05) is 10.6 Å². The Labute approximate surface area is 157 Å². The first-order valence-electron chi connectivity index (χ1n) is 8.44. The van der Waals surface area contributed by atoms with Crippen LogP contribution in [-0.2, 0) is 4.79 Å². The highest BCUT2D eigenvalue weighted by atomic mass is 16.3. The fourth-order valence-corrected chi connectivity index (χ4v) is 2.84. The van der Waals surface area contributed by atoms with Gasteiger partial charge in [0.15, 0.2) is 0 Å². The number of aryl methyl sites for hydroxylation is 2. The van der Waals surface area contributed by atoms with Gasteiger partial charge in [-0.3, -0.25) is 4.79 Å². The lowest BCUT2D eigenvalue weighted by Gasteiger charge is -2.16. The monoisotopic (exact) mass is 363 g/mol. The molecule has 1 aromatic heterocycles. The molecule has 3 aromatic rings. The zero-order valence-corrected chi connectivity index (χ0v) is 15.1. The molecule has 0 unspecified atom stereocenters. The summed E-state index contributed by atoms with van der Waals surface area (Å²) >= 11 is 0. The van der Waals surface area contributed by atoms with Crippen molar-refractivity contribution in [3.05, 3.63) is 71.4 Å². The van der Waals surface area contributed by atoms with Crippen LogP contribution in [0, 0.1) is 13.8 Å². The highest BCUT2D eigenvalue weighted by Crippen LogP contribution is 2.23. The summed E-state index contributed by atoms with van der Waals surface area (Å²) in [5.41, 5.74) is 9.23. The summed E-state index contributed by atoms with van der Waals surface area (Å²) in [6.45, 7) is 4.05. The summed E-state index contributed by atoms with van der Waals surface area (Å²) in [7, 11) is 0. The number of amides is 1. The Balaban J connectivity index is 1.82. The zero-order chi connectivity index (χ0) is 19.4. The molecule has 0 radical (unpaired) electrons. The van der Waals surface area contributed by atoms with Gasteiger partial charge in [-0.15, -0.1) is 0 Å². The molecule has 0 aliphatic rings. The summed E-state index contributed by atoms with van der Waals surface area (Å²) < 4.78 is 0. The van der Waals surface area contributed by atoms with Gasteiger partial charge in [-0.1, -0.05) is 18.2 Å². The van der Waals surface area contributed by atoms with Crippen LogP contribution in [0.2, 0.25) is 0 Å². The number of nitrogens with two attached hydrogens (primary N) is 1. The largest absolute Gasteiger partial charge is 0.508 e. The first-order chi connectivity index (χ1) is 12.9. The number of hydrogen-bond donors (Lipinski definition) is 4. The summed E-state index contributed by atoms with van der Waals surface area (Å²) in [4.78, 5) is 20.4. The quantitative estimate of drug-likeness (QED) is 0.535. The van der Waals surface area contributed by atoms with Crippen molar-refractivity contribution in [3.63, 3.8) is 0 Å². The van der Waals surface area contributed by atoms with Gasteiger partial charge in [-0.05, 0) is 60.9 Å². The number of phenols is 1. The van der Waals surface area contributed by atoms with E-state index in [1.165, 1.54) is 12.1 Å². The molecule has 0 aliphatic carbocycles.